The number of benzene rings is 5. The number of aryl methyl sites for hydroxylation is 6. The molecule has 1 aliphatic rings. The summed E-state index contributed by atoms with van der Waals surface area (Å²) < 4.78 is 150. The summed E-state index contributed by atoms with van der Waals surface area (Å²) in [6, 6.07) is 13.9. The standard InChI is InChI=1S/C40H33BF10P/c1-18-14-20(3)26(21(4)15-18)24-8-7-9-25(27-22(5)16-19(2)17-23(27)6)40(24)52-12-10-41(11-13-52,28-30(42)34(46)38(50)35(47)31(28)43)29-32(44)36(48)39(51)37(49)33(29)45/h7-9,14-17H,10-13H2,1-6H3/q-1. The second kappa shape index (κ2) is 13.7. The lowest BCUT2D eigenvalue weighted by Gasteiger charge is -2.48. The van der Waals surface area contributed by atoms with Gasteiger partial charge in [0.15, 0.2) is 34.9 Å². The van der Waals surface area contributed by atoms with E-state index in [1.807, 2.05) is 84.0 Å². The van der Waals surface area contributed by atoms with E-state index in [4.69, 9.17) is 0 Å². The van der Waals surface area contributed by atoms with Crippen molar-refractivity contribution >= 4 is 30.3 Å². The van der Waals surface area contributed by atoms with E-state index in [1.165, 1.54) is 0 Å². The van der Waals surface area contributed by atoms with Gasteiger partial charge in [0.05, 0.1) is 6.15 Å². The van der Waals surface area contributed by atoms with Crippen LogP contribution in [0.4, 0.5) is 43.9 Å². The van der Waals surface area contributed by atoms with Crippen LogP contribution in [-0.2, 0) is 0 Å². The summed E-state index contributed by atoms with van der Waals surface area (Å²) in [6.07, 6.45) is -5.24. The smallest absolute Gasteiger partial charge is 0.200 e. The Bertz CT molecular complexity index is 2040. The zero-order valence-electron chi connectivity index (χ0n) is 29.2. The van der Waals surface area contributed by atoms with Crippen molar-refractivity contribution in [2.75, 3.05) is 12.3 Å². The highest BCUT2D eigenvalue weighted by atomic mass is 31.1. The van der Waals surface area contributed by atoms with Crippen molar-refractivity contribution in [3.63, 3.8) is 0 Å². The minimum atomic E-state index is -3.79. The Morgan fingerprint density at radius 2 is 0.731 bits per heavy atom. The highest BCUT2D eigenvalue weighted by Crippen LogP contribution is 2.51. The van der Waals surface area contributed by atoms with Crippen LogP contribution in [0, 0.1) is 99.7 Å². The van der Waals surface area contributed by atoms with Crippen LogP contribution < -0.4 is 16.2 Å². The summed E-state index contributed by atoms with van der Waals surface area (Å²) >= 11 is 0. The summed E-state index contributed by atoms with van der Waals surface area (Å²) in [6.45, 7) is 11.8. The minimum absolute atomic E-state index is 0.0910. The van der Waals surface area contributed by atoms with Gasteiger partial charge in [-0.15, -0.1) is 10.9 Å². The summed E-state index contributed by atoms with van der Waals surface area (Å²) in [5.41, 5.74) is 6.29. The summed E-state index contributed by atoms with van der Waals surface area (Å²) in [4.78, 5) is 0. The average molecular weight is 745 g/mol. The summed E-state index contributed by atoms with van der Waals surface area (Å²) in [7, 11) is -1.44. The van der Waals surface area contributed by atoms with Crippen LogP contribution in [0.3, 0.4) is 0 Å². The van der Waals surface area contributed by atoms with Gasteiger partial charge in [-0.05, 0) is 91.4 Å². The molecular weight excluding hydrogens is 712 g/mol. The van der Waals surface area contributed by atoms with Gasteiger partial charge < -0.3 is 0 Å². The van der Waals surface area contributed by atoms with Gasteiger partial charge in [-0.3, -0.25) is 0 Å². The lowest BCUT2D eigenvalue weighted by molar-refractivity contribution is 0.381. The Balaban J connectivity index is 1.63. The van der Waals surface area contributed by atoms with Gasteiger partial charge in [0.25, 0.3) is 0 Å². The molecule has 5 aromatic rings. The van der Waals surface area contributed by atoms with E-state index in [9.17, 15) is 26.3 Å². The molecule has 0 aromatic heterocycles. The van der Waals surface area contributed by atoms with Gasteiger partial charge in [0.1, 0.15) is 23.3 Å². The van der Waals surface area contributed by atoms with E-state index < -0.39 is 95.8 Å². The van der Waals surface area contributed by atoms with Crippen molar-refractivity contribution in [3.8, 4) is 22.3 Å². The highest BCUT2D eigenvalue weighted by molar-refractivity contribution is 7.67. The lowest BCUT2D eigenvalue weighted by atomic mass is 9.15. The molecule has 1 aliphatic heterocycles. The Morgan fingerprint density at radius 1 is 0.442 bits per heavy atom. The molecule has 1 heterocycles. The van der Waals surface area contributed by atoms with Crippen molar-refractivity contribution in [2.24, 2.45) is 0 Å². The molecule has 0 nitrogen and oxygen atoms in total. The van der Waals surface area contributed by atoms with E-state index in [0.29, 0.717) is 0 Å². The largest absolute Gasteiger partial charge is 0.207 e. The molecule has 52 heavy (non-hydrogen) atoms. The molecule has 272 valence electrons. The minimum Gasteiger partial charge on any atom is -0.207 e. The van der Waals surface area contributed by atoms with Gasteiger partial charge in [-0.1, -0.05) is 73.8 Å². The molecule has 5 aromatic carbocycles. The fourth-order valence-electron chi connectivity index (χ4n) is 8.67. The van der Waals surface area contributed by atoms with Crippen LogP contribution in [0.25, 0.3) is 22.3 Å². The number of hydrogen-bond donors (Lipinski definition) is 0. The predicted molar refractivity (Wildman–Crippen MR) is 189 cm³/mol. The van der Waals surface area contributed by atoms with Crippen LogP contribution in [0.15, 0.2) is 42.5 Å². The normalized spacial score (nSPS) is 14.7. The third kappa shape index (κ3) is 5.84. The zero-order valence-corrected chi connectivity index (χ0v) is 30.1. The first kappa shape index (κ1) is 37.6. The first-order valence-electron chi connectivity index (χ1n) is 16.7. The Morgan fingerprint density at radius 3 is 1.04 bits per heavy atom. The molecule has 6 rings (SSSR count). The van der Waals surface area contributed by atoms with Crippen LogP contribution in [0.1, 0.15) is 33.4 Å². The van der Waals surface area contributed by atoms with Crippen LogP contribution >= 0.6 is 7.92 Å². The Hall–Kier alpha value is -4.11. The topological polar surface area (TPSA) is 0 Å². The van der Waals surface area contributed by atoms with E-state index >= 15 is 17.6 Å². The molecule has 0 atom stereocenters. The fourth-order valence-corrected chi connectivity index (χ4v) is 11.9. The molecule has 0 aliphatic carbocycles. The van der Waals surface area contributed by atoms with Gasteiger partial charge in [0, 0.05) is 0 Å². The van der Waals surface area contributed by atoms with Gasteiger partial charge in [-0.2, -0.15) is 12.6 Å². The Kier molecular flexibility index (Phi) is 9.92. The van der Waals surface area contributed by atoms with Crippen molar-refractivity contribution in [1.29, 1.82) is 0 Å². The lowest BCUT2D eigenvalue weighted by Crippen LogP contribution is -2.65. The molecule has 0 N–H and O–H groups in total. The predicted octanol–water partition coefficient (Wildman–Crippen LogP) is 10.6. The van der Waals surface area contributed by atoms with Crippen molar-refractivity contribution < 1.29 is 43.9 Å². The molecule has 0 radical (unpaired) electrons. The maximum Gasteiger partial charge on any atom is 0.200 e. The maximum absolute atomic E-state index is 15.7. The maximum atomic E-state index is 15.7. The van der Waals surface area contributed by atoms with Gasteiger partial charge in [-0.25, -0.2) is 43.9 Å². The van der Waals surface area contributed by atoms with Crippen molar-refractivity contribution in [2.45, 2.75) is 54.2 Å². The molecule has 0 saturated carbocycles. The van der Waals surface area contributed by atoms with Crippen LogP contribution in [0.5, 0.6) is 0 Å². The van der Waals surface area contributed by atoms with Crippen molar-refractivity contribution in [1.82, 2.24) is 0 Å². The molecular formula is C40H33BF10P-. The monoisotopic (exact) mass is 745 g/mol. The van der Waals surface area contributed by atoms with E-state index in [2.05, 4.69) is 0 Å². The molecule has 0 spiro atoms. The quantitative estimate of drug-likeness (QED) is 0.0553. The second-order valence-corrected chi connectivity index (χ2v) is 16.5. The molecule has 1 fully saturated rings. The van der Waals surface area contributed by atoms with Crippen molar-refractivity contribution in [3.05, 3.63) is 134 Å². The summed E-state index contributed by atoms with van der Waals surface area (Å²) in [5.74, 6) is -24.0. The van der Waals surface area contributed by atoms with E-state index in [0.717, 1.165) is 60.9 Å². The number of rotatable bonds is 5. The number of halogens is 10. The second-order valence-electron chi connectivity index (χ2n) is 14.0. The SMILES string of the molecule is Cc1cc(C)c(-c2cccc(-c3c(C)cc(C)cc3C)c2P2CC[B-](c3c(F)c(F)c(F)c(F)c3F)(c3c(F)c(F)c(F)c(F)c3F)CC2)c(C)c1. The zero-order chi connectivity index (χ0) is 38.1. The Labute approximate surface area is 296 Å². The number of hydrogen-bond acceptors (Lipinski definition) is 0. The molecule has 0 amide bonds. The molecule has 0 bridgehead atoms. The van der Waals surface area contributed by atoms with E-state index in [-0.39, 0.29) is 12.3 Å². The average Bonchev–Trinajstić information content (AvgIpc) is 3.08. The summed E-state index contributed by atoms with van der Waals surface area (Å²) in [5, 5.41) is 0.849. The van der Waals surface area contributed by atoms with Crippen LogP contribution in [-0.4, -0.2) is 18.5 Å². The fraction of sp³-hybridized carbons (Fsp3) is 0.250. The van der Waals surface area contributed by atoms with Crippen LogP contribution in [0.2, 0.25) is 12.6 Å². The third-order valence-corrected chi connectivity index (χ3v) is 13.3. The third-order valence-electron chi connectivity index (χ3n) is 10.6. The van der Waals surface area contributed by atoms with Gasteiger partial charge in [0.2, 0.25) is 0 Å². The first-order chi connectivity index (χ1) is 24.4. The molecule has 12 heteroatoms. The highest BCUT2D eigenvalue weighted by Gasteiger charge is 2.45. The molecule has 0 unspecified atom stereocenters. The van der Waals surface area contributed by atoms with E-state index in [1.54, 1.807) is 0 Å². The molecule has 1 saturated heterocycles. The first-order valence-corrected chi connectivity index (χ1v) is 18.4. The van der Waals surface area contributed by atoms with Gasteiger partial charge >= 0.3 is 0 Å².